The van der Waals surface area contributed by atoms with E-state index in [0.717, 1.165) is 31.5 Å². The van der Waals surface area contributed by atoms with Crippen LogP contribution in [0.15, 0.2) is 18.2 Å². The van der Waals surface area contributed by atoms with Crippen LogP contribution in [0.25, 0.3) is 0 Å². The number of fused-ring (bicyclic) bond motifs is 1. The third-order valence-electron chi connectivity index (χ3n) is 6.10. The highest BCUT2D eigenvalue weighted by Gasteiger charge is 2.42. The lowest BCUT2D eigenvalue weighted by molar-refractivity contribution is -0.125. The number of hydrogen-bond donors (Lipinski definition) is 1. The number of rotatable bonds is 4. The number of hydrogen-bond acceptors (Lipinski definition) is 6. The Bertz CT molecular complexity index is 785. The Morgan fingerprint density at radius 3 is 2.80 bits per heavy atom. The minimum absolute atomic E-state index is 0.000736. The van der Waals surface area contributed by atoms with Crippen LogP contribution in [0.3, 0.4) is 0 Å². The van der Waals surface area contributed by atoms with E-state index in [9.17, 15) is 9.59 Å². The summed E-state index contributed by atoms with van der Waals surface area (Å²) in [5.74, 6) is 0.263. The van der Waals surface area contributed by atoms with Gasteiger partial charge in [-0.1, -0.05) is 11.6 Å². The fourth-order valence-corrected chi connectivity index (χ4v) is 4.28. The minimum Gasteiger partial charge on any atom is -0.484 e. The van der Waals surface area contributed by atoms with Gasteiger partial charge in [-0.2, -0.15) is 0 Å². The van der Waals surface area contributed by atoms with E-state index >= 15 is 0 Å². The Hall–Kier alpha value is -2.16. The zero-order valence-corrected chi connectivity index (χ0v) is 17.8. The van der Waals surface area contributed by atoms with Crippen molar-refractivity contribution >= 4 is 11.8 Å². The van der Waals surface area contributed by atoms with Crippen LogP contribution >= 0.6 is 0 Å². The highest BCUT2D eigenvalue weighted by Crippen LogP contribution is 2.35. The second-order valence-corrected chi connectivity index (χ2v) is 8.62. The lowest BCUT2D eigenvalue weighted by Gasteiger charge is -2.41. The van der Waals surface area contributed by atoms with Gasteiger partial charge in [0.2, 0.25) is 5.91 Å². The Kier molecular flexibility index (Phi) is 6.26. The van der Waals surface area contributed by atoms with Crippen molar-refractivity contribution in [2.75, 3.05) is 59.6 Å². The molecule has 8 nitrogen and oxygen atoms in total. The number of aryl methyl sites for hydroxylation is 1. The fraction of sp³-hybridized carbons (Fsp3) is 0.636. The van der Waals surface area contributed by atoms with Crippen molar-refractivity contribution in [2.45, 2.75) is 31.5 Å². The van der Waals surface area contributed by atoms with Crippen LogP contribution in [-0.4, -0.2) is 92.9 Å². The molecule has 2 saturated heterocycles. The molecule has 1 atom stereocenters. The molecule has 1 N–H and O–H groups in total. The van der Waals surface area contributed by atoms with Crippen LogP contribution in [0.5, 0.6) is 5.75 Å². The maximum Gasteiger partial charge on any atom is 0.258 e. The molecule has 3 aliphatic rings. The van der Waals surface area contributed by atoms with Crippen molar-refractivity contribution in [2.24, 2.45) is 0 Å². The molecule has 0 radical (unpaired) electrons. The van der Waals surface area contributed by atoms with Gasteiger partial charge in [0.25, 0.3) is 5.91 Å². The Balaban J connectivity index is 1.50. The minimum atomic E-state index is -0.469. The lowest BCUT2D eigenvalue weighted by Crippen LogP contribution is -2.55. The normalized spacial score (nSPS) is 24.1. The maximum absolute atomic E-state index is 13.3. The molecule has 8 heteroatoms. The Morgan fingerprint density at radius 1 is 1.27 bits per heavy atom. The number of piperidine rings is 1. The van der Waals surface area contributed by atoms with Crippen LogP contribution in [0, 0.1) is 6.92 Å². The highest BCUT2D eigenvalue weighted by atomic mass is 16.6. The van der Waals surface area contributed by atoms with Crippen LogP contribution < -0.4 is 10.1 Å². The van der Waals surface area contributed by atoms with Gasteiger partial charge in [0.15, 0.2) is 0 Å². The van der Waals surface area contributed by atoms with Gasteiger partial charge in [0, 0.05) is 32.5 Å². The van der Waals surface area contributed by atoms with E-state index in [4.69, 9.17) is 14.2 Å². The van der Waals surface area contributed by atoms with E-state index in [2.05, 4.69) is 17.3 Å². The monoisotopic (exact) mass is 417 g/mol. The molecule has 2 amide bonds. The third-order valence-corrected chi connectivity index (χ3v) is 6.10. The number of nitrogens with zero attached hydrogens (tertiary/aromatic N) is 2. The van der Waals surface area contributed by atoms with Crippen molar-refractivity contribution < 1.29 is 23.8 Å². The van der Waals surface area contributed by atoms with Gasteiger partial charge in [-0.25, -0.2) is 0 Å². The largest absolute Gasteiger partial charge is 0.484 e. The van der Waals surface area contributed by atoms with E-state index in [1.54, 1.807) is 4.90 Å². The van der Waals surface area contributed by atoms with Gasteiger partial charge in [0.1, 0.15) is 11.4 Å². The summed E-state index contributed by atoms with van der Waals surface area (Å²) in [6.07, 6.45) is 1.49. The number of benzene rings is 1. The summed E-state index contributed by atoms with van der Waals surface area (Å²) >= 11 is 0. The molecule has 0 aliphatic carbocycles. The molecule has 4 rings (SSSR count). The number of amides is 2. The summed E-state index contributed by atoms with van der Waals surface area (Å²) in [7, 11) is 2.09. The van der Waals surface area contributed by atoms with Gasteiger partial charge in [-0.05, 0) is 26.1 Å². The van der Waals surface area contributed by atoms with Gasteiger partial charge in [-0.3, -0.25) is 9.59 Å². The topological polar surface area (TPSA) is 80.3 Å². The molecule has 3 aliphatic heterocycles. The van der Waals surface area contributed by atoms with E-state index in [0.29, 0.717) is 44.2 Å². The van der Waals surface area contributed by atoms with Gasteiger partial charge >= 0.3 is 0 Å². The molecular weight excluding hydrogens is 386 g/mol. The molecule has 164 valence electrons. The van der Waals surface area contributed by atoms with E-state index < -0.39 is 5.60 Å². The molecule has 1 aromatic rings. The lowest BCUT2D eigenvalue weighted by atomic mass is 9.90. The zero-order valence-electron chi connectivity index (χ0n) is 17.8. The first-order valence-corrected chi connectivity index (χ1v) is 10.7. The number of likely N-dealkylation sites (tertiary alicyclic amines) is 1. The van der Waals surface area contributed by atoms with Crippen molar-refractivity contribution in [1.29, 1.82) is 0 Å². The number of carbonyl (C=O) groups excluding carboxylic acids is 2. The molecule has 2 fully saturated rings. The summed E-state index contributed by atoms with van der Waals surface area (Å²) in [5.41, 5.74) is 1.05. The maximum atomic E-state index is 13.3. The van der Waals surface area contributed by atoms with Crippen LogP contribution in [0.1, 0.15) is 28.8 Å². The van der Waals surface area contributed by atoms with Gasteiger partial charge < -0.3 is 29.3 Å². The van der Waals surface area contributed by atoms with E-state index in [1.165, 1.54) is 0 Å². The second-order valence-electron chi connectivity index (χ2n) is 8.62. The van der Waals surface area contributed by atoms with E-state index in [1.807, 2.05) is 25.1 Å². The summed E-state index contributed by atoms with van der Waals surface area (Å²) in [4.78, 5) is 29.9. The third kappa shape index (κ3) is 4.77. The summed E-state index contributed by atoms with van der Waals surface area (Å²) in [6.45, 7) is 6.13. The first-order valence-electron chi connectivity index (χ1n) is 10.7. The quantitative estimate of drug-likeness (QED) is 0.782. The van der Waals surface area contributed by atoms with Crippen LogP contribution in [0.2, 0.25) is 0 Å². The molecule has 1 aromatic carbocycles. The standard InChI is InChI=1S/C22H31N3O5/c1-16-3-4-19-18(11-16)21(27)25(15-22(30-19)5-7-24(2)8-6-22)13-20(26)23-12-17-14-28-9-10-29-17/h3-4,11,17H,5-10,12-15H2,1-2H3,(H,23,26). The summed E-state index contributed by atoms with van der Waals surface area (Å²) in [6, 6.07) is 5.69. The molecule has 0 aromatic heterocycles. The zero-order chi connectivity index (χ0) is 21.1. The SMILES string of the molecule is Cc1ccc2c(c1)C(=O)N(CC(=O)NCC1COCCO1)CC1(CCN(C)CC1)O2. The molecule has 0 bridgehead atoms. The van der Waals surface area contributed by atoms with Crippen molar-refractivity contribution in [1.82, 2.24) is 15.1 Å². The molecular formula is C22H31N3O5. The average Bonchev–Trinajstić information content (AvgIpc) is 2.85. The Labute approximate surface area is 177 Å². The summed E-state index contributed by atoms with van der Waals surface area (Å²) in [5, 5.41) is 2.89. The van der Waals surface area contributed by atoms with Crippen LogP contribution in [-0.2, 0) is 14.3 Å². The fourth-order valence-electron chi connectivity index (χ4n) is 4.28. The predicted molar refractivity (Wildman–Crippen MR) is 111 cm³/mol. The first-order chi connectivity index (χ1) is 14.4. The Morgan fingerprint density at radius 2 is 2.07 bits per heavy atom. The second kappa shape index (κ2) is 8.91. The van der Waals surface area contributed by atoms with Gasteiger partial charge in [-0.15, -0.1) is 0 Å². The average molecular weight is 418 g/mol. The summed E-state index contributed by atoms with van der Waals surface area (Å²) < 4.78 is 17.4. The number of carbonyl (C=O) groups is 2. The van der Waals surface area contributed by atoms with Crippen molar-refractivity contribution in [3.63, 3.8) is 0 Å². The van der Waals surface area contributed by atoms with Crippen molar-refractivity contribution in [3.05, 3.63) is 29.3 Å². The van der Waals surface area contributed by atoms with Gasteiger partial charge in [0.05, 0.1) is 44.6 Å². The van der Waals surface area contributed by atoms with Crippen molar-refractivity contribution in [3.8, 4) is 5.75 Å². The van der Waals surface area contributed by atoms with E-state index in [-0.39, 0.29) is 24.5 Å². The molecule has 0 saturated carbocycles. The predicted octanol–water partition coefficient (Wildman–Crippen LogP) is 0.826. The number of nitrogens with one attached hydrogen (secondary N) is 1. The molecule has 3 heterocycles. The highest BCUT2D eigenvalue weighted by molar-refractivity contribution is 5.99. The molecule has 1 unspecified atom stereocenters. The number of ether oxygens (including phenoxy) is 3. The van der Waals surface area contributed by atoms with Crippen LogP contribution in [0.4, 0.5) is 0 Å². The first kappa shape index (κ1) is 21.1. The smallest absolute Gasteiger partial charge is 0.258 e. The molecule has 1 spiro atoms. The molecule has 30 heavy (non-hydrogen) atoms.